The first-order chi connectivity index (χ1) is 12.9. The zero-order valence-electron chi connectivity index (χ0n) is 13.9. The number of nitrogens with zero attached hydrogens (tertiary/aromatic N) is 3. The molecule has 0 saturated carbocycles. The van der Waals surface area contributed by atoms with Gasteiger partial charge < -0.3 is 9.47 Å². The quantitative estimate of drug-likeness (QED) is 0.745. The number of carbonyl (C=O) groups is 1. The Hall–Kier alpha value is -3.56. The third-order valence-electron chi connectivity index (χ3n) is 3.39. The maximum absolute atomic E-state index is 13.5. The minimum atomic E-state index is -4.82. The zero-order chi connectivity index (χ0) is 19.4. The first-order valence-corrected chi connectivity index (χ1v) is 7.58. The number of halogens is 3. The van der Waals surface area contributed by atoms with E-state index in [0.717, 1.165) is 6.20 Å². The third-order valence-corrected chi connectivity index (χ3v) is 3.39. The molecule has 3 rings (SSSR count). The van der Waals surface area contributed by atoms with E-state index in [1.54, 1.807) is 18.2 Å². The summed E-state index contributed by atoms with van der Waals surface area (Å²) in [6, 6.07) is 10.7. The molecule has 0 aliphatic carbocycles. The molecule has 3 aromatic rings. The summed E-state index contributed by atoms with van der Waals surface area (Å²) in [5.74, 6) is -0.340. The molecule has 2 aromatic heterocycles. The van der Waals surface area contributed by atoms with Gasteiger partial charge in [-0.15, -0.1) is 0 Å². The first kappa shape index (κ1) is 18.2. The van der Waals surface area contributed by atoms with Gasteiger partial charge in [0, 0.05) is 18.0 Å². The Morgan fingerprint density at radius 1 is 1.19 bits per heavy atom. The minimum absolute atomic E-state index is 0.0621. The van der Waals surface area contributed by atoms with Gasteiger partial charge in [-0.2, -0.15) is 18.3 Å². The number of carbonyl (C=O) groups excluding carboxylic acids is 1. The van der Waals surface area contributed by atoms with Gasteiger partial charge in [0.25, 0.3) is 0 Å². The van der Waals surface area contributed by atoms with Crippen LogP contribution >= 0.6 is 0 Å². The van der Waals surface area contributed by atoms with Crippen molar-refractivity contribution in [3.63, 3.8) is 0 Å². The van der Waals surface area contributed by atoms with Crippen LogP contribution in [-0.2, 0) is 6.18 Å². The van der Waals surface area contributed by atoms with Gasteiger partial charge in [-0.05, 0) is 24.3 Å². The monoisotopic (exact) mass is 378 g/mol. The van der Waals surface area contributed by atoms with Crippen LogP contribution in [0.25, 0.3) is 5.82 Å². The Balaban J connectivity index is 1.86. The lowest BCUT2D eigenvalue weighted by Gasteiger charge is -2.12. The van der Waals surface area contributed by atoms with E-state index < -0.39 is 23.7 Å². The minimum Gasteiger partial charge on any atom is -0.497 e. The predicted octanol–water partition coefficient (Wildman–Crippen LogP) is 3.91. The van der Waals surface area contributed by atoms with Crippen LogP contribution in [0.3, 0.4) is 0 Å². The van der Waals surface area contributed by atoms with Gasteiger partial charge in [0.05, 0.1) is 13.3 Å². The number of ether oxygens (including phenoxy) is 2. The molecule has 10 heteroatoms. The second kappa shape index (κ2) is 7.36. The van der Waals surface area contributed by atoms with Crippen LogP contribution in [0.4, 0.5) is 23.7 Å². The Morgan fingerprint density at radius 2 is 2.00 bits per heavy atom. The Labute approximate surface area is 151 Å². The van der Waals surface area contributed by atoms with Crippen LogP contribution < -0.4 is 14.8 Å². The second-order valence-corrected chi connectivity index (χ2v) is 5.20. The maximum Gasteiger partial charge on any atom is 0.437 e. The molecule has 1 aromatic carbocycles. The molecule has 0 fully saturated rings. The van der Waals surface area contributed by atoms with Crippen molar-refractivity contribution in [1.29, 1.82) is 0 Å². The predicted molar refractivity (Wildman–Crippen MR) is 89.0 cm³/mol. The molecule has 1 N–H and O–H groups in total. The molecule has 0 unspecified atom stereocenters. The first-order valence-electron chi connectivity index (χ1n) is 7.58. The van der Waals surface area contributed by atoms with Crippen molar-refractivity contribution in [3.05, 3.63) is 60.6 Å². The summed E-state index contributed by atoms with van der Waals surface area (Å²) in [6.07, 6.45) is -3.79. The van der Waals surface area contributed by atoms with Crippen LogP contribution in [-0.4, -0.2) is 28.0 Å². The third kappa shape index (κ3) is 4.17. The summed E-state index contributed by atoms with van der Waals surface area (Å²) in [5.41, 5.74) is -0.952. The molecule has 140 valence electrons. The van der Waals surface area contributed by atoms with Crippen molar-refractivity contribution < 1.29 is 27.4 Å². The van der Waals surface area contributed by atoms with Crippen molar-refractivity contribution in [3.8, 4) is 17.3 Å². The normalized spacial score (nSPS) is 11.1. The van der Waals surface area contributed by atoms with E-state index in [-0.39, 0.29) is 5.82 Å². The highest BCUT2D eigenvalue weighted by Crippen LogP contribution is 2.37. The van der Waals surface area contributed by atoms with E-state index >= 15 is 0 Å². The lowest BCUT2D eigenvalue weighted by atomic mass is 10.3. The van der Waals surface area contributed by atoms with Gasteiger partial charge in [0.2, 0.25) is 0 Å². The van der Waals surface area contributed by atoms with Crippen molar-refractivity contribution in [2.24, 2.45) is 0 Å². The van der Waals surface area contributed by atoms with Crippen LogP contribution in [0.2, 0.25) is 0 Å². The van der Waals surface area contributed by atoms with E-state index in [9.17, 15) is 18.0 Å². The summed E-state index contributed by atoms with van der Waals surface area (Å²) in [4.78, 5) is 15.8. The van der Waals surface area contributed by atoms with Crippen LogP contribution in [0.1, 0.15) is 5.69 Å². The number of methoxy groups -OCH3 is 1. The average molecular weight is 378 g/mol. The topological polar surface area (TPSA) is 78.3 Å². The van der Waals surface area contributed by atoms with Crippen LogP contribution in [0.5, 0.6) is 11.5 Å². The number of hydrogen-bond acceptors (Lipinski definition) is 5. The molecule has 0 radical (unpaired) electrons. The van der Waals surface area contributed by atoms with E-state index in [1.165, 1.54) is 37.6 Å². The summed E-state index contributed by atoms with van der Waals surface area (Å²) < 4.78 is 50.9. The van der Waals surface area contributed by atoms with Crippen LogP contribution in [0, 0.1) is 0 Å². The summed E-state index contributed by atoms with van der Waals surface area (Å²) in [5, 5.41) is 5.98. The summed E-state index contributed by atoms with van der Waals surface area (Å²) in [7, 11) is 1.44. The molecule has 27 heavy (non-hydrogen) atoms. The fourth-order valence-electron chi connectivity index (χ4n) is 2.26. The van der Waals surface area contributed by atoms with E-state index in [2.05, 4.69) is 15.4 Å². The fourth-order valence-corrected chi connectivity index (χ4v) is 2.26. The smallest absolute Gasteiger partial charge is 0.437 e. The molecule has 0 saturated heterocycles. The number of benzene rings is 1. The molecule has 0 bridgehead atoms. The SMILES string of the molecule is COc1cccc(NC(=O)Oc2cnn(-c3ccccn3)c2C(F)(F)F)c1. The Kier molecular flexibility index (Phi) is 4.97. The van der Waals surface area contributed by atoms with Gasteiger partial charge in [0.1, 0.15) is 5.75 Å². The molecule has 0 aliphatic rings. The zero-order valence-corrected chi connectivity index (χ0v) is 13.9. The van der Waals surface area contributed by atoms with Crippen LogP contribution in [0.15, 0.2) is 54.9 Å². The fraction of sp³-hybridized carbons (Fsp3) is 0.118. The number of nitrogens with one attached hydrogen (secondary N) is 1. The van der Waals surface area contributed by atoms with E-state index in [1.807, 2.05) is 0 Å². The van der Waals surface area contributed by atoms with Crippen molar-refractivity contribution >= 4 is 11.8 Å². The van der Waals surface area contributed by atoms with Crippen molar-refractivity contribution in [1.82, 2.24) is 14.8 Å². The highest BCUT2D eigenvalue weighted by atomic mass is 19.4. The Morgan fingerprint density at radius 3 is 2.67 bits per heavy atom. The van der Waals surface area contributed by atoms with E-state index in [0.29, 0.717) is 16.1 Å². The standard InChI is InChI=1S/C17H13F3N4O3/c1-26-12-6-4-5-11(9-12)23-16(25)27-13-10-22-24(15(13)17(18,19)20)14-7-2-3-8-21-14/h2-10H,1H3,(H,23,25). The molecule has 0 spiro atoms. The van der Waals surface area contributed by atoms with Gasteiger partial charge in [-0.25, -0.2) is 14.5 Å². The second-order valence-electron chi connectivity index (χ2n) is 5.20. The molecule has 2 heterocycles. The van der Waals surface area contributed by atoms with Gasteiger partial charge in [-0.1, -0.05) is 12.1 Å². The Bertz CT molecular complexity index is 942. The molecular weight excluding hydrogens is 365 g/mol. The number of pyridine rings is 1. The van der Waals surface area contributed by atoms with Gasteiger partial charge in [0.15, 0.2) is 17.3 Å². The molecule has 7 nitrogen and oxygen atoms in total. The molecular formula is C17H13F3N4O3. The molecule has 1 amide bonds. The molecule has 0 atom stereocenters. The summed E-state index contributed by atoms with van der Waals surface area (Å²) in [6.45, 7) is 0. The highest BCUT2D eigenvalue weighted by Gasteiger charge is 2.40. The number of anilines is 1. The lowest BCUT2D eigenvalue weighted by molar-refractivity contribution is -0.143. The maximum atomic E-state index is 13.5. The van der Waals surface area contributed by atoms with Gasteiger partial charge >= 0.3 is 12.3 Å². The van der Waals surface area contributed by atoms with Crippen molar-refractivity contribution in [2.45, 2.75) is 6.18 Å². The largest absolute Gasteiger partial charge is 0.497 e. The number of alkyl halides is 3. The van der Waals surface area contributed by atoms with Crippen molar-refractivity contribution in [2.75, 3.05) is 12.4 Å². The highest BCUT2D eigenvalue weighted by molar-refractivity contribution is 5.86. The average Bonchev–Trinajstić information content (AvgIpc) is 3.06. The number of amides is 1. The summed E-state index contributed by atoms with van der Waals surface area (Å²) >= 11 is 0. The van der Waals surface area contributed by atoms with E-state index in [4.69, 9.17) is 9.47 Å². The molecule has 0 aliphatic heterocycles. The lowest BCUT2D eigenvalue weighted by Crippen LogP contribution is -2.20. The van der Waals surface area contributed by atoms with Gasteiger partial charge in [-0.3, -0.25) is 5.32 Å². The number of hydrogen-bond donors (Lipinski definition) is 1. The number of aromatic nitrogens is 3. The number of rotatable bonds is 4.